The van der Waals surface area contributed by atoms with Crippen LogP contribution in [0.15, 0.2) is 0 Å². The van der Waals surface area contributed by atoms with Gasteiger partial charge < -0.3 is 15.7 Å². The Labute approximate surface area is 98.6 Å². The second-order valence-corrected chi connectivity index (χ2v) is 4.29. The van der Waals surface area contributed by atoms with Gasteiger partial charge in [0.1, 0.15) is 0 Å². The molecule has 0 heterocycles. The summed E-state index contributed by atoms with van der Waals surface area (Å²) in [5.41, 5.74) is 0. The Kier molecular flexibility index (Phi) is 6.48. The standard InChI is InChI=1S/C10H19F3N2O2/c1-6(2)7(3)15-9(17)5-14-4-8(16)10(11,12)13/h6-8,14,16H,4-5H2,1-3H3,(H,15,17). The number of carbonyl (C=O) groups is 1. The van der Waals surface area contributed by atoms with Crippen molar-refractivity contribution in [1.29, 1.82) is 0 Å². The highest BCUT2D eigenvalue weighted by Crippen LogP contribution is 2.18. The molecule has 0 fully saturated rings. The normalized spacial score (nSPS) is 15.8. The molecule has 7 heteroatoms. The highest BCUT2D eigenvalue weighted by atomic mass is 19.4. The molecule has 0 aliphatic heterocycles. The number of aliphatic hydroxyl groups is 1. The van der Waals surface area contributed by atoms with E-state index in [2.05, 4.69) is 10.6 Å². The first-order valence-corrected chi connectivity index (χ1v) is 5.39. The minimum Gasteiger partial charge on any atom is -0.382 e. The van der Waals surface area contributed by atoms with Gasteiger partial charge in [0.05, 0.1) is 6.54 Å². The van der Waals surface area contributed by atoms with E-state index in [4.69, 9.17) is 5.11 Å². The predicted molar refractivity (Wildman–Crippen MR) is 57.4 cm³/mol. The summed E-state index contributed by atoms with van der Waals surface area (Å²) < 4.78 is 35.7. The fraction of sp³-hybridized carbons (Fsp3) is 0.900. The minimum absolute atomic E-state index is 0.0446. The lowest BCUT2D eigenvalue weighted by atomic mass is 10.1. The molecule has 2 unspecified atom stereocenters. The average molecular weight is 256 g/mol. The van der Waals surface area contributed by atoms with E-state index < -0.39 is 18.8 Å². The summed E-state index contributed by atoms with van der Waals surface area (Å²) in [6.45, 7) is 4.72. The lowest BCUT2D eigenvalue weighted by molar-refractivity contribution is -0.201. The van der Waals surface area contributed by atoms with Gasteiger partial charge in [0, 0.05) is 12.6 Å². The van der Waals surface area contributed by atoms with Crippen molar-refractivity contribution in [3.05, 3.63) is 0 Å². The Morgan fingerprint density at radius 1 is 1.29 bits per heavy atom. The Hall–Kier alpha value is -0.820. The van der Waals surface area contributed by atoms with Crippen LogP contribution in [0.1, 0.15) is 20.8 Å². The number of amides is 1. The van der Waals surface area contributed by atoms with Crippen LogP contribution >= 0.6 is 0 Å². The van der Waals surface area contributed by atoms with E-state index in [1.54, 1.807) is 0 Å². The molecule has 0 aromatic rings. The molecule has 0 aliphatic rings. The third-order valence-electron chi connectivity index (χ3n) is 2.39. The lowest BCUT2D eigenvalue weighted by Gasteiger charge is -2.18. The molecule has 102 valence electrons. The number of aliphatic hydroxyl groups excluding tert-OH is 1. The molecule has 4 nitrogen and oxygen atoms in total. The van der Waals surface area contributed by atoms with Gasteiger partial charge in [-0.2, -0.15) is 13.2 Å². The summed E-state index contributed by atoms with van der Waals surface area (Å²) in [5, 5.41) is 13.5. The van der Waals surface area contributed by atoms with Crippen molar-refractivity contribution >= 4 is 5.91 Å². The van der Waals surface area contributed by atoms with Crippen LogP contribution in [0.4, 0.5) is 13.2 Å². The Morgan fingerprint density at radius 3 is 2.24 bits per heavy atom. The third kappa shape index (κ3) is 7.17. The molecule has 3 N–H and O–H groups in total. The number of hydrogen-bond acceptors (Lipinski definition) is 3. The van der Waals surface area contributed by atoms with Crippen LogP contribution in [-0.4, -0.2) is 42.4 Å². The molecule has 1 amide bonds. The zero-order valence-electron chi connectivity index (χ0n) is 10.1. The Morgan fingerprint density at radius 2 is 1.82 bits per heavy atom. The van der Waals surface area contributed by atoms with Crippen molar-refractivity contribution in [1.82, 2.24) is 10.6 Å². The van der Waals surface area contributed by atoms with Crippen molar-refractivity contribution in [2.75, 3.05) is 13.1 Å². The van der Waals surface area contributed by atoms with E-state index in [0.29, 0.717) is 0 Å². The van der Waals surface area contributed by atoms with Crippen molar-refractivity contribution < 1.29 is 23.1 Å². The summed E-state index contributed by atoms with van der Waals surface area (Å²) in [4.78, 5) is 11.3. The first-order valence-electron chi connectivity index (χ1n) is 5.39. The van der Waals surface area contributed by atoms with E-state index >= 15 is 0 Å². The third-order valence-corrected chi connectivity index (χ3v) is 2.39. The molecule has 0 aromatic carbocycles. The molecule has 0 spiro atoms. The zero-order chi connectivity index (χ0) is 13.6. The van der Waals surface area contributed by atoms with Gasteiger partial charge in [-0.15, -0.1) is 0 Å². The smallest absolute Gasteiger partial charge is 0.382 e. The van der Waals surface area contributed by atoms with Crippen LogP contribution in [-0.2, 0) is 4.79 Å². The summed E-state index contributed by atoms with van der Waals surface area (Å²) in [6.07, 6.45) is -7.10. The maximum atomic E-state index is 11.9. The maximum absolute atomic E-state index is 11.9. The minimum atomic E-state index is -4.66. The number of carbonyl (C=O) groups excluding carboxylic acids is 1. The topological polar surface area (TPSA) is 61.4 Å². The highest BCUT2D eigenvalue weighted by molar-refractivity contribution is 5.78. The molecular weight excluding hydrogens is 237 g/mol. The van der Waals surface area contributed by atoms with Gasteiger partial charge in [0.2, 0.25) is 5.91 Å². The average Bonchev–Trinajstić information content (AvgIpc) is 2.15. The van der Waals surface area contributed by atoms with E-state index in [9.17, 15) is 18.0 Å². The van der Waals surface area contributed by atoms with Gasteiger partial charge in [0.15, 0.2) is 6.10 Å². The van der Waals surface area contributed by atoms with Gasteiger partial charge in [-0.1, -0.05) is 13.8 Å². The summed E-state index contributed by atoms with van der Waals surface area (Å²) in [7, 11) is 0. The van der Waals surface area contributed by atoms with Crippen LogP contribution in [0.25, 0.3) is 0 Å². The second-order valence-electron chi connectivity index (χ2n) is 4.29. The fourth-order valence-corrected chi connectivity index (χ4v) is 0.910. The van der Waals surface area contributed by atoms with Crippen molar-refractivity contribution in [3.63, 3.8) is 0 Å². The predicted octanol–water partition coefficient (Wildman–Crippen LogP) is 0.660. The van der Waals surface area contributed by atoms with Crippen LogP contribution in [0.5, 0.6) is 0 Å². The van der Waals surface area contributed by atoms with Crippen LogP contribution in [0.3, 0.4) is 0 Å². The molecular formula is C10H19F3N2O2. The summed E-state index contributed by atoms with van der Waals surface area (Å²) in [6, 6.07) is -0.0446. The highest BCUT2D eigenvalue weighted by Gasteiger charge is 2.37. The van der Waals surface area contributed by atoms with Gasteiger partial charge in [-0.25, -0.2) is 0 Å². The molecule has 0 saturated heterocycles. The molecule has 0 aliphatic carbocycles. The number of halogens is 3. The first kappa shape index (κ1) is 16.2. The molecule has 0 saturated carbocycles. The van der Waals surface area contributed by atoms with E-state index in [-0.39, 0.29) is 24.4 Å². The Bertz CT molecular complexity index is 244. The van der Waals surface area contributed by atoms with Gasteiger partial charge in [-0.05, 0) is 12.8 Å². The number of hydrogen-bond donors (Lipinski definition) is 3. The molecule has 0 radical (unpaired) electrons. The van der Waals surface area contributed by atoms with E-state index in [0.717, 1.165) is 0 Å². The quantitative estimate of drug-likeness (QED) is 0.654. The number of alkyl halides is 3. The SMILES string of the molecule is CC(C)C(C)NC(=O)CNCC(O)C(F)(F)F. The van der Waals surface area contributed by atoms with Crippen molar-refractivity contribution in [2.24, 2.45) is 5.92 Å². The molecule has 0 bridgehead atoms. The molecule has 17 heavy (non-hydrogen) atoms. The summed E-state index contributed by atoms with van der Waals surface area (Å²) in [5.74, 6) is -0.139. The van der Waals surface area contributed by atoms with Crippen LogP contribution < -0.4 is 10.6 Å². The van der Waals surface area contributed by atoms with E-state index in [1.807, 2.05) is 20.8 Å². The second kappa shape index (κ2) is 6.80. The van der Waals surface area contributed by atoms with Gasteiger partial charge in [0.25, 0.3) is 0 Å². The monoisotopic (exact) mass is 256 g/mol. The van der Waals surface area contributed by atoms with E-state index in [1.165, 1.54) is 0 Å². The van der Waals surface area contributed by atoms with Crippen LogP contribution in [0, 0.1) is 5.92 Å². The van der Waals surface area contributed by atoms with Crippen LogP contribution in [0.2, 0.25) is 0 Å². The van der Waals surface area contributed by atoms with Crippen molar-refractivity contribution in [2.45, 2.75) is 39.1 Å². The zero-order valence-corrected chi connectivity index (χ0v) is 10.1. The maximum Gasteiger partial charge on any atom is 0.415 e. The summed E-state index contributed by atoms with van der Waals surface area (Å²) >= 11 is 0. The Balaban J connectivity index is 3.80. The fourth-order valence-electron chi connectivity index (χ4n) is 0.910. The molecule has 2 atom stereocenters. The number of rotatable bonds is 6. The number of nitrogens with one attached hydrogen (secondary N) is 2. The molecule has 0 rings (SSSR count). The largest absolute Gasteiger partial charge is 0.415 e. The van der Waals surface area contributed by atoms with Crippen molar-refractivity contribution in [3.8, 4) is 0 Å². The molecule has 0 aromatic heterocycles. The van der Waals surface area contributed by atoms with Gasteiger partial charge in [-0.3, -0.25) is 4.79 Å². The first-order chi connectivity index (χ1) is 7.64. The lowest BCUT2D eigenvalue weighted by Crippen LogP contribution is -2.45. The van der Waals surface area contributed by atoms with Gasteiger partial charge >= 0.3 is 6.18 Å².